The highest BCUT2D eigenvalue weighted by molar-refractivity contribution is 5.89. The predicted octanol–water partition coefficient (Wildman–Crippen LogP) is 2.12. The number of hydrogen-bond acceptors (Lipinski definition) is 6. The van der Waals surface area contributed by atoms with Crippen molar-refractivity contribution in [3.8, 4) is 0 Å². The smallest absolute Gasteiger partial charge is 0.338 e. The highest BCUT2D eigenvalue weighted by Crippen LogP contribution is 2.38. The summed E-state index contributed by atoms with van der Waals surface area (Å²) in [6, 6.07) is 8.80. The van der Waals surface area contributed by atoms with Crippen molar-refractivity contribution in [3.63, 3.8) is 0 Å². The Morgan fingerprint density at radius 2 is 1.78 bits per heavy atom. The quantitative estimate of drug-likeness (QED) is 0.794. The van der Waals surface area contributed by atoms with Gasteiger partial charge in [0.15, 0.2) is 18.2 Å². The zero-order valence-corrected chi connectivity index (χ0v) is 13.7. The minimum Gasteiger partial charge on any atom is -0.450 e. The molecular weight excluding hydrogens is 300 g/mol. The highest BCUT2D eigenvalue weighted by atomic mass is 16.8. The maximum atomic E-state index is 12.4. The Bertz CT molecular complexity index is 557. The number of rotatable bonds is 3. The van der Waals surface area contributed by atoms with Crippen LogP contribution in [-0.4, -0.2) is 49.6 Å². The molecule has 6 heteroatoms. The number of hydrogen-bond donors (Lipinski definition) is 0. The van der Waals surface area contributed by atoms with Gasteiger partial charge in [0.2, 0.25) is 0 Å². The van der Waals surface area contributed by atoms with Crippen LogP contribution in [0.1, 0.15) is 31.1 Å². The Morgan fingerprint density at radius 1 is 1.13 bits per heavy atom. The molecule has 0 aliphatic carbocycles. The third kappa shape index (κ3) is 3.26. The van der Waals surface area contributed by atoms with Crippen molar-refractivity contribution in [1.29, 1.82) is 0 Å². The lowest BCUT2D eigenvalue weighted by molar-refractivity contribution is -0.264. The highest BCUT2D eigenvalue weighted by Gasteiger charge is 2.55. The molecule has 2 fully saturated rings. The topological polar surface area (TPSA) is 63.2 Å². The normalized spacial score (nSPS) is 35.6. The van der Waals surface area contributed by atoms with Crippen LogP contribution >= 0.6 is 0 Å². The summed E-state index contributed by atoms with van der Waals surface area (Å²) in [6.07, 6.45) is -2.37. The summed E-state index contributed by atoms with van der Waals surface area (Å²) in [5, 5.41) is 0. The van der Waals surface area contributed by atoms with E-state index < -0.39 is 30.3 Å². The van der Waals surface area contributed by atoms with Gasteiger partial charge in [-0.15, -0.1) is 0 Å². The summed E-state index contributed by atoms with van der Waals surface area (Å²) in [6.45, 7) is 5.55. The predicted molar refractivity (Wildman–Crippen MR) is 80.8 cm³/mol. The number of methoxy groups -OCH3 is 1. The third-order valence-corrected chi connectivity index (χ3v) is 4.05. The zero-order valence-electron chi connectivity index (χ0n) is 13.7. The molecule has 0 radical (unpaired) electrons. The molecule has 0 saturated carbocycles. The maximum Gasteiger partial charge on any atom is 0.338 e. The summed E-state index contributed by atoms with van der Waals surface area (Å²) in [5.41, 5.74) is 0.468. The van der Waals surface area contributed by atoms with Crippen LogP contribution in [0.3, 0.4) is 0 Å². The molecule has 0 amide bonds. The minimum absolute atomic E-state index is 0.224. The van der Waals surface area contributed by atoms with Gasteiger partial charge in [-0.2, -0.15) is 0 Å². The lowest BCUT2D eigenvalue weighted by Crippen LogP contribution is -2.57. The van der Waals surface area contributed by atoms with Crippen molar-refractivity contribution < 1.29 is 28.5 Å². The Hall–Kier alpha value is -1.47. The molecule has 2 saturated heterocycles. The van der Waals surface area contributed by atoms with Gasteiger partial charge in [-0.3, -0.25) is 0 Å². The zero-order chi connectivity index (χ0) is 16.6. The Kier molecular flexibility index (Phi) is 4.42. The van der Waals surface area contributed by atoms with E-state index in [1.807, 2.05) is 26.8 Å². The van der Waals surface area contributed by atoms with E-state index in [4.69, 9.17) is 23.7 Å². The SMILES string of the molecule is CO[C@@H]1O[C@H](C)[C@@H]2OC(C)(C)O[C@@H]2[C@H]1OC(=O)c1ccccc1. The maximum absolute atomic E-state index is 12.4. The largest absolute Gasteiger partial charge is 0.450 e. The first-order chi connectivity index (χ1) is 10.9. The molecule has 0 N–H and O–H groups in total. The summed E-state index contributed by atoms with van der Waals surface area (Å²) in [7, 11) is 1.52. The number of esters is 1. The minimum atomic E-state index is -0.757. The number of carbonyl (C=O) groups excluding carboxylic acids is 1. The van der Waals surface area contributed by atoms with E-state index in [1.54, 1.807) is 24.3 Å². The average molecular weight is 322 g/mol. The molecule has 0 spiro atoms. The number of benzene rings is 1. The molecule has 2 aliphatic rings. The summed E-state index contributed by atoms with van der Waals surface area (Å²) in [4.78, 5) is 12.4. The van der Waals surface area contributed by atoms with Crippen LogP contribution in [0.25, 0.3) is 0 Å². The van der Waals surface area contributed by atoms with Crippen LogP contribution in [-0.2, 0) is 23.7 Å². The van der Waals surface area contributed by atoms with Gasteiger partial charge >= 0.3 is 5.97 Å². The van der Waals surface area contributed by atoms with Crippen molar-refractivity contribution in [1.82, 2.24) is 0 Å². The molecule has 23 heavy (non-hydrogen) atoms. The monoisotopic (exact) mass is 322 g/mol. The number of ether oxygens (including phenoxy) is 5. The van der Waals surface area contributed by atoms with Crippen LogP contribution in [0, 0.1) is 0 Å². The Balaban J connectivity index is 1.81. The van der Waals surface area contributed by atoms with Gasteiger partial charge in [-0.05, 0) is 32.9 Å². The molecule has 126 valence electrons. The van der Waals surface area contributed by atoms with Gasteiger partial charge in [-0.25, -0.2) is 4.79 Å². The second-order valence-electron chi connectivity index (χ2n) is 6.25. The molecular formula is C17H22O6. The standard InChI is InChI=1S/C17H22O6/c1-10-12-13(23-17(2,3)22-12)14(16(19-4)20-10)21-15(18)11-8-6-5-7-9-11/h5-10,12-14,16H,1-4H3/t10-,12+,13+,14-,16-/m1/s1. The van der Waals surface area contributed by atoms with Gasteiger partial charge in [0, 0.05) is 7.11 Å². The first-order valence-corrected chi connectivity index (χ1v) is 7.71. The van der Waals surface area contributed by atoms with Crippen LogP contribution in [0.4, 0.5) is 0 Å². The van der Waals surface area contributed by atoms with E-state index in [-0.39, 0.29) is 12.2 Å². The third-order valence-electron chi connectivity index (χ3n) is 4.05. The van der Waals surface area contributed by atoms with Gasteiger partial charge in [0.25, 0.3) is 0 Å². The fourth-order valence-corrected chi connectivity index (χ4v) is 3.03. The van der Waals surface area contributed by atoms with Gasteiger partial charge in [-0.1, -0.05) is 18.2 Å². The molecule has 6 nitrogen and oxygen atoms in total. The van der Waals surface area contributed by atoms with Gasteiger partial charge in [0.05, 0.1) is 11.7 Å². The Morgan fingerprint density at radius 3 is 2.43 bits per heavy atom. The average Bonchev–Trinajstić information content (AvgIpc) is 2.86. The Labute approximate surface area is 135 Å². The second kappa shape index (κ2) is 6.20. The molecule has 2 aliphatic heterocycles. The van der Waals surface area contributed by atoms with Crippen LogP contribution < -0.4 is 0 Å². The van der Waals surface area contributed by atoms with E-state index in [0.717, 1.165) is 0 Å². The van der Waals surface area contributed by atoms with Crippen molar-refractivity contribution in [2.45, 2.75) is 57.3 Å². The van der Waals surface area contributed by atoms with Crippen molar-refractivity contribution in [3.05, 3.63) is 35.9 Å². The van der Waals surface area contributed by atoms with Crippen LogP contribution in [0.2, 0.25) is 0 Å². The molecule has 1 aromatic rings. The summed E-state index contributed by atoms with van der Waals surface area (Å²) < 4.78 is 28.6. The molecule has 0 aromatic heterocycles. The van der Waals surface area contributed by atoms with E-state index in [2.05, 4.69) is 0 Å². The summed E-state index contributed by atoms with van der Waals surface area (Å²) in [5.74, 6) is -1.20. The molecule has 0 unspecified atom stereocenters. The van der Waals surface area contributed by atoms with Crippen molar-refractivity contribution in [2.75, 3.05) is 7.11 Å². The van der Waals surface area contributed by atoms with E-state index in [1.165, 1.54) is 7.11 Å². The molecule has 0 bridgehead atoms. The molecule has 2 heterocycles. The second-order valence-corrected chi connectivity index (χ2v) is 6.25. The summed E-state index contributed by atoms with van der Waals surface area (Å²) >= 11 is 0. The van der Waals surface area contributed by atoms with Crippen molar-refractivity contribution in [2.24, 2.45) is 0 Å². The first-order valence-electron chi connectivity index (χ1n) is 7.71. The lowest BCUT2D eigenvalue weighted by atomic mass is 10.00. The molecule has 1 aromatic carbocycles. The van der Waals surface area contributed by atoms with Crippen LogP contribution in [0.5, 0.6) is 0 Å². The van der Waals surface area contributed by atoms with E-state index in [0.29, 0.717) is 5.56 Å². The van der Waals surface area contributed by atoms with Crippen molar-refractivity contribution >= 4 is 5.97 Å². The molecule has 3 rings (SSSR count). The van der Waals surface area contributed by atoms with Gasteiger partial charge in [0.1, 0.15) is 12.2 Å². The fraction of sp³-hybridized carbons (Fsp3) is 0.588. The lowest BCUT2D eigenvalue weighted by Gasteiger charge is -2.39. The van der Waals surface area contributed by atoms with Gasteiger partial charge < -0.3 is 23.7 Å². The van der Waals surface area contributed by atoms with E-state index in [9.17, 15) is 4.79 Å². The number of fused-ring (bicyclic) bond motifs is 1. The fourth-order valence-electron chi connectivity index (χ4n) is 3.03. The number of carbonyl (C=O) groups is 1. The molecule has 5 atom stereocenters. The first kappa shape index (κ1) is 16.4. The van der Waals surface area contributed by atoms with E-state index >= 15 is 0 Å². The van der Waals surface area contributed by atoms with Crippen LogP contribution in [0.15, 0.2) is 30.3 Å².